The second kappa shape index (κ2) is 6.53. The maximum absolute atomic E-state index is 4.42. The number of nitrogens with zero attached hydrogens (tertiary/aromatic N) is 3. The molecule has 0 saturated heterocycles. The van der Waals surface area contributed by atoms with Crippen molar-refractivity contribution in [3.8, 4) is 0 Å². The van der Waals surface area contributed by atoms with E-state index in [-0.39, 0.29) is 0 Å². The molecule has 1 heterocycles. The van der Waals surface area contributed by atoms with E-state index in [9.17, 15) is 0 Å². The SMILES string of the molecule is Cc1cccc(Nc2cnnc(Nc3ccccc3Br)n2)c1. The lowest BCUT2D eigenvalue weighted by Crippen LogP contribution is -2.02. The molecule has 1 aromatic heterocycles. The van der Waals surface area contributed by atoms with Gasteiger partial charge in [0.2, 0.25) is 5.95 Å². The van der Waals surface area contributed by atoms with Gasteiger partial charge in [-0.2, -0.15) is 10.1 Å². The summed E-state index contributed by atoms with van der Waals surface area (Å²) in [6.07, 6.45) is 1.59. The Bertz CT molecular complexity index is 791. The van der Waals surface area contributed by atoms with E-state index in [1.54, 1.807) is 6.20 Å². The third-order valence-electron chi connectivity index (χ3n) is 2.97. The highest BCUT2D eigenvalue weighted by Gasteiger charge is 2.04. The molecule has 0 spiro atoms. The van der Waals surface area contributed by atoms with Crippen molar-refractivity contribution in [2.45, 2.75) is 6.92 Å². The number of halogens is 1. The van der Waals surface area contributed by atoms with Crippen LogP contribution in [0.2, 0.25) is 0 Å². The van der Waals surface area contributed by atoms with Crippen LogP contribution in [0.15, 0.2) is 59.2 Å². The highest BCUT2D eigenvalue weighted by molar-refractivity contribution is 9.10. The Morgan fingerprint density at radius 1 is 1.00 bits per heavy atom. The van der Waals surface area contributed by atoms with E-state index >= 15 is 0 Å². The largest absolute Gasteiger partial charge is 0.339 e. The fraction of sp³-hybridized carbons (Fsp3) is 0.0625. The van der Waals surface area contributed by atoms with Crippen LogP contribution < -0.4 is 10.6 Å². The van der Waals surface area contributed by atoms with Crippen molar-refractivity contribution < 1.29 is 0 Å². The zero-order chi connectivity index (χ0) is 15.4. The maximum atomic E-state index is 4.42. The minimum atomic E-state index is 0.435. The van der Waals surface area contributed by atoms with Gasteiger partial charge >= 0.3 is 0 Å². The van der Waals surface area contributed by atoms with E-state index in [0.29, 0.717) is 11.8 Å². The normalized spacial score (nSPS) is 10.3. The van der Waals surface area contributed by atoms with E-state index in [1.165, 1.54) is 5.56 Å². The zero-order valence-electron chi connectivity index (χ0n) is 11.9. The fourth-order valence-electron chi connectivity index (χ4n) is 1.97. The standard InChI is InChI=1S/C16H14BrN5/c1-11-5-4-6-12(9-11)19-15-10-18-22-16(21-15)20-14-8-3-2-7-13(14)17/h2-10H,1H3,(H2,19,20,21,22). The molecular weight excluding hydrogens is 342 g/mol. The number of nitrogens with one attached hydrogen (secondary N) is 2. The molecule has 3 aromatic rings. The van der Waals surface area contributed by atoms with Gasteiger partial charge in [0.05, 0.1) is 11.9 Å². The van der Waals surface area contributed by atoms with E-state index in [1.807, 2.05) is 55.5 Å². The topological polar surface area (TPSA) is 62.7 Å². The summed E-state index contributed by atoms with van der Waals surface area (Å²) in [4.78, 5) is 4.42. The number of rotatable bonds is 4. The van der Waals surface area contributed by atoms with E-state index in [4.69, 9.17) is 0 Å². The van der Waals surface area contributed by atoms with Gasteiger partial charge in [-0.15, -0.1) is 5.10 Å². The first-order chi connectivity index (χ1) is 10.7. The summed E-state index contributed by atoms with van der Waals surface area (Å²) in [6.45, 7) is 2.04. The van der Waals surface area contributed by atoms with Gasteiger partial charge in [-0.1, -0.05) is 24.3 Å². The van der Waals surface area contributed by atoms with E-state index < -0.39 is 0 Å². The molecule has 2 N–H and O–H groups in total. The first kappa shape index (κ1) is 14.5. The van der Waals surface area contributed by atoms with Gasteiger partial charge in [-0.3, -0.25) is 0 Å². The maximum Gasteiger partial charge on any atom is 0.249 e. The predicted octanol–water partition coefficient (Wildman–Crippen LogP) is 4.43. The smallest absolute Gasteiger partial charge is 0.249 e. The quantitative estimate of drug-likeness (QED) is 0.724. The molecule has 0 amide bonds. The molecule has 3 rings (SSSR count). The Morgan fingerprint density at radius 3 is 2.68 bits per heavy atom. The highest BCUT2D eigenvalue weighted by atomic mass is 79.9. The number of aromatic nitrogens is 3. The van der Waals surface area contributed by atoms with Crippen LogP contribution >= 0.6 is 15.9 Å². The Hall–Kier alpha value is -2.47. The van der Waals surface area contributed by atoms with Crippen molar-refractivity contribution in [2.75, 3.05) is 10.6 Å². The molecule has 22 heavy (non-hydrogen) atoms. The van der Waals surface area contributed by atoms with Crippen molar-refractivity contribution in [2.24, 2.45) is 0 Å². The second-order valence-corrected chi connectivity index (χ2v) is 5.62. The Kier molecular flexibility index (Phi) is 4.29. The van der Waals surface area contributed by atoms with Gasteiger partial charge in [0.1, 0.15) is 0 Å². The lowest BCUT2D eigenvalue weighted by molar-refractivity contribution is 0.982. The molecule has 0 radical (unpaired) electrons. The number of anilines is 4. The highest BCUT2D eigenvalue weighted by Crippen LogP contribution is 2.24. The minimum absolute atomic E-state index is 0.435. The molecule has 0 fully saturated rings. The summed E-state index contributed by atoms with van der Waals surface area (Å²) in [7, 11) is 0. The summed E-state index contributed by atoms with van der Waals surface area (Å²) in [5.74, 6) is 1.07. The van der Waals surface area contributed by atoms with Crippen molar-refractivity contribution >= 4 is 39.1 Å². The van der Waals surface area contributed by atoms with Gasteiger partial charge in [-0.25, -0.2) is 0 Å². The number of benzene rings is 2. The van der Waals surface area contributed by atoms with Gasteiger partial charge in [-0.05, 0) is 52.7 Å². The summed E-state index contributed by atoms with van der Waals surface area (Å²) >= 11 is 3.48. The fourth-order valence-corrected chi connectivity index (χ4v) is 2.35. The molecule has 0 saturated carbocycles. The van der Waals surface area contributed by atoms with Gasteiger partial charge in [0, 0.05) is 10.2 Å². The molecular formula is C16H14BrN5. The van der Waals surface area contributed by atoms with Gasteiger partial charge < -0.3 is 10.6 Å². The van der Waals surface area contributed by atoms with Crippen LogP contribution in [0.4, 0.5) is 23.1 Å². The average molecular weight is 356 g/mol. The summed E-state index contributed by atoms with van der Waals surface area (Å²) < 4.78 is 0.940. The third kappa shape index (κ3) is 3.59. The predicted molar refractivity (Wildman–Crippen MR) is 91.7 cm³/mol. The number of hydrogen-bond donors (Lipinski definition) is 2. The van der Waals surface area contributed by atoms with Crippen LogP contribution in [0.3, 0.4) is 0 Å². The van der Waals surface area contributed by atoms with E-state index in [0.717, 1.165) is 15.8 Å². The van der Waals surface area contributed by atoms with Gasteiger partial charge in [0.15, 0.2) is 5.82 Å². The Balaban J connectivity index is 1.79. The molecule has 110 valence electrons. The molecule has 0 aliphatic rings. The third-order valence-corrected chi connectivity index (χ3v) is 3.66. The molecule has 2 aromatic carbocycles. The Morgan fingerprint density at radius 2 is 1.86 bits per heavy atom. The lowest BCUT2D eigenvalue weighted by Gasteiger charge is -2.09. The van der Waals surface area contributed by atoms with Crippen molar-refractivity contribution in [3.63, 3.8) is 0 Å². The van der Waals surface area contributed by atoms with Crippen LogP contribution in [-0.4, -0.2) is 15.2 Å². The lowest BCUT2D eigenvalue weighted by atomic mass is 10.2. The second-order valence-electron chi connectivity index (χ2n) is 4.76. The van der Waals surface area contributed by atoms with E-state index in [2.05, 4.69) is 41.7 Å². The molecule has 5 nitrogen and oxygen atoms in total. The first-order valence-electron chi connectivity index (χ1n) is 6.76. The molecule has 0 atom stereocenters. The zero-order valence-corrected chi connectivity index (χ0v) is 13.5. The van der Waals surface area contributed by atoms with Crippen molar-refractivity contribution in [3.05, 3.63) is 64.8 Å². The Labute approximate surface area is 137 Å². The molecule has 0 aliphatic carbocycles. The van der Waals surface area contributed by atoms with Crippen LogP contribution in [0.5, 0.6) is 0 Å². The summed E-state index contributed by atoms with van der Waals surface area (Å²) in [5.41, 5.74) is 3.03. The molecule has 6 heteroatoms. The monoisotopic (exact) mass is 355 g/mol. The summed E-state index contributed by atoms with van der Waals surface area (Å²) in [6, 6.07) is 15.8. The number of aryl methyl sites for hydroxylation is 1. The van der Waals surface area contributed by atoms with Crippen LogP contribution in [0.25, 0.3) is 0 Å². The average Bonchev–Trinajstić information content (AvgIpc) is 2.50. The van der Waals surface area contributed by atoms with Crippen molar-refractivity contribution in [1.29, 1.82) is 0 Å². The van der Waals surface area contributed by atoms with Gasteiger partial charge in [0.25, 0.3) is 0 Å². The molecule has 0 bridgehead atoms. The van der Waals surface area contributed by atoms with Crippen molar-refractivity contribution in [1.82, 2.24) is 15.2 Å². The van der Waals surface area contributed by atoms with Crippen LogP contribution in [-0.2, 0) is 0 Å². The number of para-hydroxylation sites is 1. The first-order valence-corrected chi connectivity index (χ1v) is 7.55. The molecule has 0 aliphatic heterocycles. The van der Waals surface area contributed by atoms with Crippen LogP contribution in [0.1, 0.15) is 5.56 Å². The minimum Gasteiger partial charge on any atom is -0.339 e. The molecule has 0 unspecified atom stereocenters. The summed E-state index contributed by atoms with van der Waals surface area (Å²) in [5, 5.41) is 14.3. The van der Waals surface area contributed by atoms with Crippen LogP contribution in [0, 0.1) is 6.92 Å². The number of hydrogen-bond acceptors (Lipinski definition) is 5.